The lowest BCUT2D eigenvalue weighted by molar-refractivity contribution is 0.0813. The van der Waals surface area contributed by atoms with E-state index in [0.29, 0.717) is 5.82 Å². The van der Waals surface area contributed by atoms with Crippen LogP contribution in [0.15, 0.2) is 90.1 Å². The highest BCUT2D eigenvalue weighted by molar-refractivity contribution is 6.01. The third-order valence-corrected chi connectivity index (χ3v) is 6.88. The van der Waals surface area contributed by atoms with Crippen LogP contribution < -0.4 is 0 Å². The molecule has 0 amide bonds. The minimum Gasteiger partial charge on any atom is -0.385 e. The fourth-order valence-electron chi connectivity index (χ4n) is 5.25. The van der Waals surface area contributed by atoms with E-state index in [0.717, 1.165) is 47.5 Å². The molecule has 0 bridgehead atoms. The van der Waals surface area contributed by atoms with Crippen LogP contribution in [0, 0.1) is 0 Å². The Hall–Kier alpha value is -4.52. The maximum Gasteiger partial charge on any atom is 0.204 e. The summed E-state index contributed by atoms with van der Waals surface area (Å²) in [4.78, 5) is 6.06. The second-order valence-electron chi connectivity index (χ2n) is 8.91. The molecule has 1 atom stereocenters. The summed E-state index contributed by atoms with van der Waals surface area (Å²) < 4.78 is 2.35. The van der Waals surface area contributed by atoms with Crippen LogP contribution in [0.25, 0.3) is 28.2 Å². The quantitative estimate of drug-likeness (QED) is 0.397. The Morgan fingerprint density at radius 2 is 1.69 bits per heavy atom. The Morgan fingerprint density at radius 3 is 2.57 bits per heavy atom. The van der Waals surface area contributed by atoms with E-state index in [4.69, 9.17) is 4.84 Å². The molecule has 0 fully saturated rings. The number of aryl methyl sites for hydroxylation is 1. The predicted octanol–water partition coefficient (Wildman–Crippen LogP) is 5.29. The van der Waals surface area contributed by atoms with Gasteiger partial charge in [0.2, 0.25) is 5.82 Å². The second kappa shape index (κ2) is 8.06. The molecule has 1 unspecified atom stereocenters. The number of tetrazole rings is 1. The summed E-state index contributed by atoms with van der Waals surface area (Å²) in [5.41, 5.74) is 10.4. The Labute approximate surface area is 202 Å². The normalized spacial score (nSPS) is 16.3. The summed E-state index contributed by atoms with van der Waals surface area (Å²) in [6.07, 6.45) is 2.52. The number of H-pyrrole nitrogens is 1. The van der Waals surface area contributed by atoms with Crippen molar-refractivity contribution in [3.63, 3.8) is 0 Å². The van der Waals surface area contributed by atoms with E-state index < -0.39 is 0 Å². The Morgan fingerprint density at radius 1 is 0.829 bits per heavy atom. The van der Waals surface area contributed by atoms with Gasteiger partial charge in [-0.3, -0.25) is 0 Å². The Kier molecular flexibility index (Phi) is 4.58. The van der Waals surface area contributed by atoms with Crippen LogP contribution >= 0.6 is 0 Å². The summed E-state index contributed by atoms with van der Waals surface area (Å²) in [5.74, 6) is 0.576. The molecule has 2 aliphatic rings. The zero-order valence-electron chi connectivity index (χ0n) is 18.9. The van der Waals surface area contributed by atoms with E-state index in [-0.39, 0.29) is 6.10 Å². The summed E-state index contributed by atoms with van der Waals surface area (Å²) in [6, 6.07) is 29.5. The molecule has 0 saturated carbocycles. The van der Waals surface area contributed by atoms with Gasteiger partial charge in [0.05, 0.1) is 11.4 Å². The zero-order chi connectivity index (χ0) is 23.2. The lowest BCUT2D eigenvalue weighted by Gasteiger charge is -2.21. The molecule has 7 rings (SSSR count). The van der Waals surface area contributed by atoms with Crippen molar-refractivity contribution in [3.8, 4) is 28.2 Å². The van der Waals surface area contributed by atoms with Gasteiger partial charge in [-0.25, -0.2) is 0 Å². The van der Waals surface area contributed by atoms with Crippen LogP contribution in [0.1, 0.15) is 35.0 Å². The van der Waals surface area contributed by atoms with Gasteiger partial charge in [-0.05, 0) is 52.9 Å². The summed E-state index contributed by atoms with van der Waals surface area (Å²) in [5, 5.41) is 19.1. The van der Waals surface area contributed by atoms with Crippen molar-refractivity contribution in [2.24, 2.45) is 5.16 Å². The number of aromatic amines is 1. The topological polar surface area (TPSA) is 81.0 Å². The van der Waals surface area contributed by atoms with Crippen molar-refractivity contribution in [2.45, 2.75) is 25.4 Å². The second-order valence-corrected chi connectivity index (χ2v) is 8.91. The molecular weight excluding hydrogens is 436 g/mol. The highest BCUT2D eigenvalue weighted by atomic mass is 16.6. The third-order valence-electron chi connectivity index (χ3n) is 6.88. The van der Waals surface area contributed by atoms with Gasteiger partial charge in [0, 0.05) is 28.9 Å². The first-order valence-corrected chi connectivity index (χ1v) is 11.8. The minimum absolute atomic E-state index is 0.170. The van der Waals surface area contributed by atoms with E-state index in [1.54, 1.807) is 0 Å². The smallest absolute Gasteiger partial charge is 0.204 e. The molecule has 2 aromatic heterocycles. The fraction of sp³-hybridized carbons (Fsp3) is 0.143. The number of rotatable bonds is 4. The number of hydrogen-bond donors (Lipinski definition) is 1. The van der Waals surface area contributed by atoms with Crippen molar-refractivity contribution in [2.75, 3.05) is 0 Å². The maximum atomic E-state index is 6.06. The van der Waals surface area contributed by atoms with Crippen LogP contribution in [-0.4, -0.2) is 30.9 Å². The number of oxime groups is 1. The van der Waals surface area contributed by atoms with E-state index in [2.05, 4.69) is 84.9 Å². The first kappa shape index (κ1) is 19.9. The van der Waals surface area contributed by atoms with E-state index >= 15 is 0 Å². The van der Waals surface area contributed by atoms with Crippen molar-refractivity contribution in [1.82, 2.24) is 25.2 Å². The monoisotopic (exact) mass is 458 g/mol. The number of hydrogen-bond acceptors (Lipinski definition) is 5. The Balaban J connectivity index is 1.36. The number of aromatic nitrogens is 5. The van der Waals surface area contributed by atoms with Crippen LogP contribution in [0.5, 0.6) is 0 Å². The summed E-state index contributed by atoms with van der Waals surface area (Å²) >= 11 is 0. The molecule has 35 heavy (non-hydrogen) atoms. The van der Waals surface area contributed by atoms with Crippen molar-refractivity contribution in [1.29, 1.82) is 0 Å². The first-order chi connectivity index (χ1) is 17.3. The zero-order valence-corrected chi connectivity index (χ0v) is 18.9. The van der Waals surface area contributed by atoms with E-state index in [1.165, 1.54) is 22.4 Å². The van der Waals surface area contributed by atoms with Gasteiger partial charge in [-0.15, -0.1) is 10.2 Å². The fourth-order valence-corrected chi connectivity index (χ4v) is 5.25. The molecule has 3 heterocycles. The number of nitrogens with one attached hydrogen (secondary N) is 1. The third kappa shape index (κ3) is 3.35. The van der Waals surface area contributed by atoms with Crippen molar-refractivity contribution < 1.29 is 4.84 Å². The lowest BCUT2D eigenvalue weighted by atomic mass is 9.89. The maximum absolute atomic E-state index is 6.06. The standard InChI is InChI=1S/C28H22N6O/c1-2-8-19(9-3-1)24-17-27(35-31-24)26-16-23-22-12-5-4-7-18(22)13-14-25(23)34(26)21-11-6-10-20(15-21)28-29-32-33-30-28/h1-12,15-16,27H,13-14,17H2,(H,29,30,32,33). The van der Waals surface area contributed by atoms with E-state index in [9.17, 15) is 0 Å². The highest BCUT2D eigenvalue weighted by Crippen LogP contribution is 2.42. The molecule has 1 aliphatic carbocycles. The molecule has 0 spiro atoms. The average molecular weight is 459 g/mol. The van der Waals surface area contributed by atoms with Crippen LogP contribution in [0.4, 0.5) is 0 Å². The van der Waals surface area contributed by atoms with Crippen molar-refractivity contribution in [3.05, 3.63) is 107 Å². The van der Waals surface area contributed by atoms with E-state index in [1.807, 2.05) is 30.3 Å². The van der Waals surface area contributed by atoms with Crippen molar-refractivity contribution >= 4 is 5.71 Å². The van der Waals surface area contributed by atoms with Gasteiger partial charge < -0.3 is 9.40 Å². The van der Waals surface area contributed by atoms with Crippen LogP contribution in [0.2, 0.25) is 0 Å². The first-order valence-electron chi connectivity index (χ1n) is 11.8. The lowest BCUT2D eigenvalue weighted by Crippen LogP contribution is -2.12. The molecular formula is C28H22N6O. The van der Waals surface area contributed by atoms with Crippen LogP contribution in [0.3, 0.4) is 0 Å². The molecule has 1 N–H and O–H groups in total. The van der Waals surface area contributed by atoms with Gasteiger partial charge >= 0.3 is 0 Å². The molecule has 5 aromatic rings. The number of benzene rings is 3. The van der Waals surface area contributed by atoms with Gasteiger partial charge in [0.15, 0.2) is 6.10 Å². The predicted molar refractivity (Wildman–Crippen MR) is 133 cm³/mol. The molecule has 0 saturated heterocycles. The molecule has 7 nitrogen and oxygen atoms in total. The summed E-state index contributed by atoms with van der Waals surface area (Å²) in [7, 11) is 0. The minimum atomic E-state index is -0.170. The Bertz CT molecular complexity index is 1550. The molecule has 7 heteroatoms. The average Bonchev–Trinajstić information content (AvgIpc) is 3.69. The van der Waals surface area contributed by atoms with Crippen LogP contribution in [-0.2, 0) is 17.7 Å². The largest absolute Gasteiger partial charge is 0.385 e. The highest BCUT2D eigenvalue weighted by Gasteiger charge is 2.31. The van der Waals surface area contributed by atoms with Gasteiger partial charge in [0.25, 0.3) is 0 Å². The molecule has 3 aromatic carbocycles. The van der Waals surface area contributed by atoms with Gasteiger partial charge in [-0.2, -0.15) is 5.21 Å². The van der Waals surface area contributed by atoms with Gasteiger partial charge in [0.1, 0.15) is 0 Å². The summed E-state index contributed by atoms with van der Waals surface area (Å²) in [6.45, 7) is 0. The molecule has 1 aliphatic heterocycles. The number of fused-ring (bicyclic) bond motifs is 3. The molecule has 170 valence electrons. The molecule has 0 radical (unpaired) electrons. The SMILES string of the molecule is c1ccc(C2=NOC(c3cc4c(n3-c3cccc(-c5nn[nH]n5)c3)CCc3ccccc3-4)C2)cc1. The van der Waals surface area contributed by atoms with Gasteiger partial charge in [-0.1, -0.05) is 71.9 Å². The number of nitrogens with zero attached hydrogens (tertiary/aromatic N) is 5.